The third-order valence-corrected chi connectivity index (χ3v) is 1.97. The lowest BCUT2D eigenvalue weighted by molar-refractivity contribution is -0.136. The number of carboxylic acid groups (broad SMARTS) is 1. The van der Waals surface area contributed by atoms with Gasteiger partial charge in [-0.05, 0) is 24.1 Å². The summed E-state index contributed by atoms with van der Waals surface area (Å²) in [5.41, 5.74) is 0.497. The minimum absolute atomic E-state index is 0.0819. The van der Waals surface area contributed by atoms with Gasteiger partial charge in [0.2, 0.25) is 0 Å². The molecule has 0 bridgehead atoms. The summed E-state index contributed by atoms with van der Waals surface area (Å²) in [6.45, 7) is 0. The van der Waals surface area contributed by atoms with Crippen LogP contribution < -0.4 is 0 Å². The number of aryl methyl sites for hydroxylation is 1. The summed E-state index contributed by atoms with van der Waals surface area (Å²) in [4.78, 5) is 10.2. The molecule has 0 unspecified atom stereocenters. The van der Waals surface area contributed by atoms with Crippen molar-refractivity contribution in [1.29, 1.82) is 0 Å². The summed E-state index contributed by atoms with van der Waals surface area (Å²) >= 11 is 5.45. The van der Waals surface area contributed by atoms with Crippen molar-refractivity contribution < 1.29 is 19.4 Å². The van der Waals surface area contributed by atoms with Crippen molar-refractivity contribution in [3.05, 3.63) is 28.5 Å². The Morgan fingerprint density at radius 1 is 1.50 bits per heavy atom. The Kier molecular flexibility index (Phi) is 3.30. The number of hydrogen-bond donors (Lipinski definition) is 2. The summed E-state index contributed by atoms with van der Waals surface area (Å²) in [5, 5.41) is 17.2. The van der Waals surface area contributed by atoms with Crippen molar-refractivity contribution >= 4 is 17.6 Å². The Hall–Kier alpha value is -1.29. The Labute approximate surface area is 84.7 Å². The highest BCUT2D eigenvalue weighted by Crippen LogP contribution is 2.26. The standard InChI is InChI=1S/C9H8ClFO3/c10-6-3-5(1-2-8(13)14)4-7(12)9(6)11/h3-4,12H,1-2H2,(H,13,14). The molecule has 2 N–H and O–H groups in total. The number of phenolic OH excluding ortho intramolecular Hbond substituents is 1. The molecule has 0 radical (unpaired) electrons. The molecular formula is C9H8ClFO3. The molecule has 3 nitrogen and oxygen atoms in total. The summed E-state index contributed by atoms with van der Waals surface area (Å²) < 4.78 is 12.8. The number of hydrogen-bond acceptors (Lipinski definition) is 2. The zero-order valence-electron chi connectivity index (χ0n) is 7.13. The van der Waals surface area contributed by atoms with E-state index in [-0.39, 0.29) is 17.9 Å². The maximum absolute atomic E-state index is 12.8. The fraction of sp³-hybridized carbons (Fsp3) is 0.222. The summed E-state index contributed by atoms with van der Waals surface area (Å²) in [5.74, 6) is -2.39. The van der Waals surface area contributed by atoms with Gasteiger partial charge in [0.1, 0.15) is 0 Å². The summed E-state index contributed by atoms with van der Waals surface area (Å²) in [7, 11) is 0. The van der Waals surface area contributed by atoms with Gasteiger partial charge in [-0.1, -0.05) is 11.6 Å². The molecule has 0 aliphatic heterocycles. The molecular weight excluding hydrogens is 211 g/mol. The topological polar surface area (TPSA) is 57.5 Å². The number of carbonyl (C=O) groups is 1. The van der Waals surface area contributed by atoms with Crippen LogP contribution in [-0.4, -0.2) is 16.2 Å². The molecule has 0 fully saturated rings. The zero-order valence-corrected chi connectivity index (χ0v) is 7.88. The van der Waals surface area contributed by atoms with E-state index >= 15 is 0 Å². The monoisotopic (exact) mass is 218 g/mol. The third kappa shape index (κ3) is 2.60. The van der Waals surface area contributed by atoms with Crippen LogP contribution in [0.25, 0.3) is 0 Å². The maximum Gasteiger partial charge on any atom is 0.303 e. The van der Waals surface area contributed by atoms with Gasteiger partial charge < -0.3 is 10.2 Å². The second-order valence-corrected chi connectivity index (χ2v) is 3.21. The van der Waals surface area contributed by atoms with Gasteiger partial charge in [-0.15, -0.1) is 0 Å². The molecule has 0 spiro atoms. The van der Waals surface area contributed by atoms with Gasteiger partial charge in [0.25, 0.3) is 0 Å². The fourth-order valence-electron chi connectivity index (χ4n) is 1.02. The van der Waals surface area contributed by atoms with E-state index < -0.39 is 17.5 Å². The van der Waals surface area contributed by atoms with E-state index in [9.17, 15) is 9.18 Å². The minimum Gasteiger partial charge on any atom is -0.505 e. The molecule has 14 heavy (non-hydrogen) atoms. The molecule has 5 heteroatoms. The lowest BCUT2D eigenvalue weighted by Crippen LogP contribution is -1.97. The van der Waals surface area contributed by atoms with Crippen LogP contribution >= 0.6 is 11.6 Å². The van der Waals surface area contributed by atoms with Crippen LogP contribution in [-0.2, 0) is 11.2 Å². The van der Waals surface area contributed by atoms with Gasteiger partial charge in [0.05, 0.1) is 5.02 Å². The van der Waals surface area contributed by atoms with Crippen LogP contribution in [0.4, 0.5) is 4.39 Å². The largest absolute Gasteiger partial charge is 0.505 e. The minimum atomic E-state index is -0.954. The van der Waals surface area contributed by atoms with Crippen LogP contribution in [0, 0.1) is 5.82 Å². The molecule has 0 amide bonds. The molecule has 1 rings (SSSR count). The zero-order chi connectivity index (χ0) is 10.7. The molecule has 0 aliphatic rings. The Bertz CT molecular complexity index is 342. The van der Waals surface area contributed by atoms with Gasteiger partial charge in [-0.3, -0.25) is 4.79 Å². The predicted octanol–water partition coefficient (Wildman–Crippen LogP) is 2.20. The van der Waals surface area contributed by atoms with Crippen molar-refractivity contribution in [2.24, 2.45) is 0 Å². The number of aliphatic carboxylic acids is 1. The molecule has 0 atom stereocenters. The van der Waals surface area contributed by atoms with Crippen LogP contribution in [0.2, 0.25) is 5.02 Å². The van der Waals surface area contributed by atoms with Crippen molar-refractivity contribution in [2.75, 3.05) is 0 Å². The Balaban J connectivity index is 2.84. The third-order valence-electron chi connectivity index (χ3n) is 1.70. The van der Waals surface area contributed by atoms with Gasteiger partial charge in [-0.25, -0.2) is 4.39 Å². The normalized spacial score (nSPS) is 10.1. The van der Waals surface area contributed by atoms with E-state index in [1.807, 2.05) is 0 Å². The van der Waals surface area contributed by atoms with Crippen molar-refractivity contribution in [3.63, 3.8) is 0 Å². The van der Waals surface area contributed by atoms with Crippen LogP contribution in [0.1, 0.15) is 12.0 Å². The molecule has 0 heterocycles. The molecule has 0 aromatic heterocycles. The van der Waals surface area contributed by atoms with Gasteiger partial charge in [0.15, 0.2) is 11.6 Å². The smallest absolute Gasteiger partial charge is 0.303 e. The number of phenols is 1. The number of carboxylic acids is 1. The van der Waals surface area contributed by atoms with Gasteiger partial charge in [-0.2, -0.15) is 0 Å². The van der Waals surface area contributed by atoms with E-state index in [4.69, 9.17) is 21.8 Å². The number of halogens is 2. The first-order valence-electron chi connectivity index (χ1n) is 3.89. The summed E-state index contributed by atoms with van der Waals surface area (Å²) in [6, 6.07) is 2.48. The summed E-state index contributed by atoms with van der Waals surface area (Å²) in [6.07, 6.45) is 0.129. The lowest BCUT2D eigenvalue weighted by atomic mass is 10.1. The van der Waals surface area contributed by atoms with E-state index in [1.54, 1.807) is 0 Å². The molecule has 0 aliphatic carbocycles. The number of aromatic hydroxyl groups is 1. The maximum atomic E-state index is 12.8. The quantitative estimate of drug-likeness (QED) is 0.818. The van der Waals surface area contributed by atoms with Crippen LogP contribution in [0.5, 0.6) is 5.75 Å². The first kappa shape index (κ1) is 10.8. The lowest BCUT2D eigenvalue weighted by Gasteiger charge is -2.02. The first-order valence-corrected chi connectivity index (χ1v) is 4.27. The highest BCUT2D eigenvalue weighted by atomic mass is 35.5. The van der Waals surface area contributed by atoms with E-state index in [2.05, 4.69) is 0 Å². The highest BCUT2D eigenvalue weighted by molar-refractivity contribution is 6.30. The van der Waals surface area contributed by atoms with Crippen molar-refractivity contribution in [3.8, 4) is 5.75 Å². The van der Waals surface area contributed by atoms with Gasteiger partial charge in [0, 0.05) is 6.42 Å². The number of rotatable bonds is 3. The van der Waals surface area contributed by atoms with Crippen molar-refractivity contribution in [1.82, 2.24) is 0 Å². The molecule has 1 aromatic rings. The van der Waals surface area contributed by atoms with Gasteiger partial charge >= 0.3 is 5.97 Å². The van der Waals surface area contributed by atoms with Crippen LogP contribution in [0.3, 0.4) is 0 Å². The first-order chi connectivity index (χ1) is 6.50. The fourth-order valence-corrected chi connectivity index (χ4v) is 1.26. The number of benzene rings is 1. The average Bonchev–Trinajstić information content (AvgIpc) is 2.10. The molecule has 76 valence electrons. The van der Waals surface area contributed by atoms with E-state index in [0.717, 1.165) is 0 Å². The second kappa shape index (κ2) is 4.28. The molecule has 0 saturated heterocycles. The van der Waals surface area contributed by atoms with E-state index in [0.29, 0.717) is 5.56 Å². The highest BCUT2D eigenvalue weighted by Gasteiger charge is 2.08. The van der Waals surface area contributed by atoms with Crippen LogP contribution in [0.15, 0.2) is 12.1 Å². The second-order valence-electron chi connectivity index (χ2n) is 2.80. The van der Waals surface area contributed by atoms with E-state index in [1.165, 1.54) is 12.1 Å². The average molecular weight is 219 g/mol. The van der Waals surface area contributed by atoms with Crippen molar-refractivity contribution in [2.45, 2.75) is 12.8 Å². The molecule has 0 saturated carbocycles. The Morgan fingerprint density at radius 2 is 2.14 bits per heavy atom. The molecule has 1 aromatic carbocycles. The predicted molar refractivity (Wildman–Crippen MR) is 49.0 cm³/mol. The SMILES string of the molecule is O=C(O)CCc1cc(O)c(F)c(Cl)c1. The Morgan fingerprint density at radius 3 is 2.64 bits per heavy atom.